The molecule has 1 N–H and O–H groups in total. The molecule has 14 nitrogen and oxygen atoms in total. The van der Waals surface area contributed by atoms with Crippen molar-refractivity contribution in [2.75, 3.05) is 57.9 Å². The molecule has 1 atom stereocenters. The average molecular weight is 702 g/mol. The smallest absolute Gasteiger partial charge is 0.318 e. The van der Waals surface area contributed by atoms with E-state index in [1.54, 1.807) is 17.0 Å². The number of aromatic nitrogens is 2. The molecule has 6 heterocycles. The first-order chi connectivity index (χ1) is 24.2. The Morgan fingerprint density at radius 1 is 0.980 bits per heavy atom. The molecule has 0 unspecified atom stereocenters. The quantitative estimate of drug-likeness (QED) is 0.367. The van der Waals surface area contributed by atoms with Crippen LogP contribution in [0.15, 0.2) is 59.9 Å². The Bertz CT molecular complexity index is 1920. The van der Waals surface area contributed by atoms with E-state index in [9.17, 15) is 23.3 Å². The standard InChI is InChI=1S/C35H39N7O7S/c1-47-27-6-8-31(38-20-27)50(45,46)42-30-7-5-23(19-36)18-29(30)35(33(42)43,28-4-3-13-37-32(28)48-2)39-34(44)41-16-11-25(12-17-41)24-9-14-40(15-10-24)26-21-49-22-26/h3-8,13,18,20,24-26H,9-12,14-17,21-22H2,1-2H3,(H,39,44)/t35-/m1/s1. The van der Waals surface area contributed by atoms with E-state index in [1.807, 2.05) is 0 Å². The Morgan fingerprint density at radius 2 is 1.70 bits per heavy atom. The van der Waals surface area contributed by atoms with Gasteiger partial charge in [0.2, 0.25) is 5.88 Å². The lowest BCUT2D eigenvalue weighted by Crippen LogP contribution is -2.58. The number of hydrogen-bond acceptors (Lipinski definition) is 11. The summed E-state index contributed by atoms with van der Waals surface area (Å²) < 4.78 is 45.2. The van der Waals surface area contributed by atoms with E-state index in [1.165, 1.54) is 56.9 Å². The molecule has 1 aromatic carbocycles. The average Bonchev–Trinajstić information content (AvgIpc) is 3.38. The van der Waals surface area contributed by atoms with Crippen LogP contribution < -0.4 is 19.1 Å². The summed E-state index contributed by atoms with van der Waals surface area (Å²) in [4.78, 5) is 41.8. The number of ether oxygens (including phenoxy) is 3. The number of hydrogen-bond donors (Lipinski definition) is 1. The van der Waals surface area contributed by atoms with Gasteiger partial charge in [-0.2, -0.15) is 18.0 Å². The SMILES string of the molecule is COc1ccc(S(=O)(=O)N2C(=O)[C@@](NC(=O)N3CCC(C4CCN(C5COC5)CC4)CC3)(c3cccnc3OC)c3cc(C#N)ccc32)nc1. The number of likely N-dealkylation sites (tertiary alicyclic amines) is 2. The Hall–Kier alpha value is -4.78. The number of anilines is 1. The van der Waals surface area contributed by atoms with E-state index in [2.05, 4.69) is 26.3 Å². The molecule has 0 spiro atoms. The van der Waals surface area contributed by atoms with E-state index in [-0.39, 0.29) is 28.3 Å². The molecule has 2 aromatic heterocycles. The minimum atomic E-state index is -4.63. The largest absolute Gasteiger partial charge is 0.495 e. The predicted octanol–water partition coefficient (Wildman–Crippen LogP) is 2.88. The zero-order chi connectivity index (χ0) is 35.0. The van der Waals surface area contributed by atoms with Crippen LogP contribution in [0.25, 0.3) is 0 Å². The Labute approximate surface area is 291 Å². The third kappa shape index (κ3) is 5.70. The molecular formula is C35H39N7O7S. The number of fused-ring (bicyclic) bond motifs is 1. The minimum absolute atomic E-state index is 0.00907. The number of methoxy groups -OCH3 is 2. The van der Waals surface area contributed by atoms with Crippen LogP contribution in [-0.2, 0) is 25.1 Å². The number of nitrogens with zero attached hydrogens (tertiary/aromatic N) is 6. The zero-order valence-corrected chi connectivity index (χ0v) is 28.8. The van der Waals surface area contributed by atoms with Gasteiger partial charge in [-0.05, 0) is 93.1 Å². The summed E-state index contributed by atoms with van der Waals surface area (Å²) in [5.74, 6) is 0.418. The molecule has 3 fully saturated rings. The van der Waals surface area contributed by atoms with Crippen molar-refractivity contribution in [2.45, 2.75) is 42.3 Å². The van der Waals surface area contributed by atoms with Gasteiger partial charge in [0.15, 0.2) is 10.6 Å². The number of nitriles is 1. The molecule has 7 rings (SSSR count). The van der Waals surface area contributed by atoms with Crippen LogP contribution in [0.3, 0.4) is 0 Å². The van der Waals surface area contributed by atoms with Gasteiger partial charge in [-0.1, -0.05) is 0 Å². The number of pyridine rings is 2. The number of benzene rings is 1. The maximum absolute atomic E-state index is 15.0. The number of amides is 3. The highest BCUT2D eigenvalue weighted by molar-refractivity contribution is 7.93. The normalized spacial score (nSPS) is 22.1. The third-order valence-electron chi connectivity index (χ3n) is 10.6. The summed E-state index contributed by atoms with van der Waals surface area (Å²) in [6.07, 6.45) is 6.59. The number of nitrogens with one attached hydrogen (secondary N) is 1. The number of carbonyl (C=O) groups excluding carboxylic acids is 2. The van der Waals surface area contributed by atoms with Gasteiger partial charge in [0, 0.05) is 24.8 Å². The van der Waals surface area contributed by atoms with E-state index in [0.29, 0.717) is 41.0 Å². The monoisotopic (exact) mass is 701 g/mol. The van der Waals surface area contributed by atoms with Crippen molar-refractivity contribution in [2.24, 2.45) is 11.8 Å². The molecule has 3 saturated heterocycles. The molecule has 4 aliphatic rings. The van der Waals surface area contributed by atoms with E-state index in [4.69, 9.17) is 14.2 Å². The van der Waals surface area contributed by atoms with Gasteiger partial charge in [-0.15, -0.1) is 0 Å². The van der Waals surface area contributed by atoms with E-state index < -0.39 is 32.5 Å². The van der Waals surface area contributed by atoms with Crippen molar-refractivity contribution < 1.29 is 32.2 Å². The van der Waals surface area contributed by atoms with Crippen LogP contribution >= 0.6 is 0 Å². The summed E-state index contributed by atoms with van der Waals surface area (Å²) in [5.41, 5.74) is -1.77. The molecule has 3 amide bonds. The summed E-state index contributed by atoms with van der Waals surface area (Å²) in [5, 5.41) is 12.4. The molecule has 0 aliphatic carbocycles. The lowest BCUT2D eigenvalue weighted by atomic mass is 9.78. The molecular weight excluding hydrogens is 662 g/mol. The Morgan fingerprint density at radius 3 is 2.30 bits per heavy atom. The summed E-state index contributed by atoms with van der Waals surface area (Å²) in [6.45, 7) is 4.71. The summed E-state index contributed by atoms with van der Waals surface area (Å²) >= 11 is 0. The van der Waals surface area contributed by atoms with Crippen molar-refractivity contribution in [3.63, 3.8) is 0 Å². The van der Waals surface area contributed by atoms with Crippen LogP contribution in [0.5, 0.6) is 11.6 Å². The van der Waals surface area contributed by atoms with Crippen LogP contribution in [0.4, 0.5) is 10.5 Å². The predicted molar refractivity (Wildman–Crippen MR) is 180 cm³/mol. The second-order valence-electron chi connectivity index (χ2n) is 13.1. The van der Waals surface area contributed by atoms with E-state index in [0.717, 1.165) is 52.0 Å². The molecule has 262 valence electrons. The van der Waals surface area contributed by atoms with Gasteiger partial charge in [-0.25, -0.2) is 14.8 Å². The van der Waals surface area contributed by atoms with Gasteiger partial charge < -0.3 is 24.4 Å². The van der Waals surface area contributed by atoms with Gasteiger partial charge in [0.05, 0.1) is 62.6 Å². The summed E-state index contributed by atoms with van der Waals surface area (Å²) in [7, 11) is -1.84. The molecule has 0 radical (unpaired) electrons. The fourth-order valence-electron chi connectivity index (χ4n) is 7.72. The minimum Gasteiger partial charge on any atom is -0.495 e. The van der Waals surface area contributed by atoms with Crippen LogP contribution in [0, 0.1) is 23.2 Å². The molecule has 4 aliphatic heterocycles. The molecule has 0 bridgehead atoms. The first kappa shape index (κ1) is 33.7. The van der Waals surface area contributed by atoms with Crippen molar-refractivity contribution in [3.05, 3.63) is 71.5 Å². The van der Waals surface area contributed by atoms with Crippen LogP contribution in [0.2, 0.25) is 0 Å². The highest BCUT2D eigenvalue weighted by Gasteiger charge is 2.59. The number of urea groups is 1. The Balaban J connectivity index is 1.21. The molecule has 50 heavy (non-hydrogen) atoms. The fraction of sp³-hybridized carbons (Fsp3) is 0.457. The van der Waals surface area contributed by atoms with Gasteiger partial charge in [0.1, 0.15) is 5.75 Å². The zero-order valence-electron chi connectivity index (χ0n) is 27.9. The molecule has 0 saturated carbocycles. The fourth-order valence-corrected chi connectivity index (χ4v) is 9.11. The third-order valence-corrected chi connectivity index (χ3v) is 12.2. The van der Waals surface area contributed by atoms with Gasteiger partial charge in [0.25, 0.3) is 15.9 Å². The number of piperidine rings is 2. The first-order valence-electron chi connectivity index (χ1n) is 16.7. The molecule has 15 heteroatoms. The second-order valence-corrected chi connectivity index (χ2v) is 14.8. The van der Waals surface area contributed by atoms with E-state index >= 15 is 0 Å². The number of sulfonamides is 1. The van der Waals surface area contributed by atoms with Crippen LogP contribution in [0.1, 0.15) is 42.4 Å². The first-order valence-corrected chi connectivity index (χ1v) is 18.2. The number of rotatable bonds is 8. The maximum Gasteiger partial charge on any atom is 0.318 e. The lowest BCUT2D eigenvalue weighted by molar-refractivity contribution is -0.121. The maximum atomic E-state index is 15.0. The van der Waals surface area contributed by atoms with Crippen molar-refractivity contribution in [1.82, 2.24) is 25.1 Å². The summed E-state index contributed by atoms with van der Waals surface area (Å²) in [6, 6.07) is 12.1. The van der Waals surface area contributed by atoms with Gasteiger partial charge in [-0.3, -0.25) is 9.69 Å². The van der Waals surface area contributed by atoms with Crippen molar-refractivity contribution >= 4 is 27.6 Å². The highest BCUT2D eigenvalue weighted by atomic mass is 32.2. The van der Waals surface area contributed by atoms with Crippen molar-refractivity contribution in [1.29, 1.82) is 5.26 Å². The topological polar surface area (TPSA) is 167 Å². The molecule has 3 aromatic rings. The highest BCUT2D eigenvalue weighted by Crippen LogP contribution is 2.49. The lowest BCUT2D eigenvalue weighted by Gasteiger charge is -2.44. The van der Waals surface area contributed by atoms with Crippen molar-refractivity contribution in [3.8, 4) is 17.7 Å². The second kappa shape index (κ2) is 13.5. The van der Waals surface area contributed by atoms with Gasteiger partial charge >= 0.3 is 6.03 Å². The number of carbonyl (C=O) groups is 2. The Kier molecular flexibility index (Phi) is 9.10. The van der Waals surface area contributed by atoms with Crippen LogP contribution in [-0.4, -0.2) is 99.8 Å².